The van der Waals surface area contributed by atoms with Crippen molar-refractivity contribution in [3.05, 3.63) is 61.7 Å². The molecule has 1 N–H and O–H groups in total. The van der Waals surface area contributed by atoms with Gasteiger partial charge in [-0.05, 0) is 63.6 Å². The van der Waals surface area contributed by atoms with Crippen LogP contribution in [0.5, 0.6) is 0 Å². The minimum absolute atomic E-state index is 0.219. The Balaban J connectivity index is 1.50. The predicted octanol–water partition coefficient (Wildman–Crippen LogP) is 5.94. The van der Waals surface area contributed by atoms with Gasteiger partial charge in [0.05, 0.1) is 6.61 Å². The van der Waals surface area contributed by atoms with Crippen molar-refractivity contribution in [2.45, 2.75) is 46.5 Å². The Morgan fingerprint density at radius 2 is 1.71 bits per heavy atom. The monoisotopic (exact) mass is 497 g/mol. The molecule has 0 saturated carbocycles. The van der Waals surface area contributed by atoms with Crippen molar-refractivity contribution >= 4 is 45.5 Å². The Morgan fingerprint density at radius 1 is 0.971 bits per heavy atom. The van der Waals surface area contributed by atoms with Crippen LogP contribution < -0.4 is 5.32 Å². The number of thiophene rings is 2. The third-order valence-electron chi connectivity index (χ3n) is 5.69. The molecule has 1 aliphatic rings. The number of carbonyl (C=O) groups excluding carboxylic acids is 3. The molecule has 178 valence electrons. The minimum atomic E-state index is -0.503. The van der Waals surface area contributed by atoms with Crippen molar-refractivity contribution in [1.82, 2.24) is 0 Å². The van der Waals surface area contributed by atoms with Gasteiger partial charge < -0.3 is 14.8 Å². The lowest BCUT2D eigenvalue weighted by Gasteiger charge is -2.09. The first-order chi connectivity index (χ1) is 16.4. The quantitative estimate of drug-likeness (QED) is 0.408. The van der Waals surface area contributed by atoms with Crippen LogP contribution in [0, 0.1) is 13.8 Å². The SMILES string of the molecule is CCOC(=O)c1c(NC(=O)COC(=O)c2cc3c(s2)CCCC3)sc(C)c1-c1ccc(C)cc1. The summed E-state index contributed by atoms with van der Waals surface area (Å²) in [7, 11) is 0. The van der Waals surface area contributed by atoms with Crippen molar-refractivity contribution in [1.29, 1.82) is 0 Å². The summed E-state index contributed by atoms with van der Waals surface area (Å²) in [6.07, 6.45) is 4.25. The van der Waals surface area contributed by atoms with E-state index in [-0.39, 0.29) is 6.61 Å². The molecule has 0 aliphatic heterocycles. The van der Waals surface area contributed by atoms with Gasteiger partial charge in [0.1, 0.15) is 15.4 Å². The van der Waals surface area contributed by atoms with Gasteiger partial charge in [0.2, 0.25) is 0 Å². The molecule has 1 aromatic carbocycles. The molecule has 8 heteroatoms. The molecule has 1 amide bonds. The molecule has 0 spiro atoms. The molecule has 0 unspecified atom stereocenters. The first kappa shape index (κ1) is 24.2. The smallest absolute Gasteiger partial charge is 0.348 e. The summed E-state index contributed by atoms with van der Waals surface area (Å²) in [5, 5.41) is 3.14. The van der Waals surface area contributed by atoms with E-state index in [1.54, 1.807) is 6.92 Å². The number of nitrogens with one attached hydrogen (secondary N) is 1. The van der Waals surface area contributed by atoms with E-state index in [1.807, 2.05) is 44.2 Å². The molecule has 0 saturated heterocycles. The predicted molar refractivity (Wildman–Crippen MR) is 135 cm³/mol. The lowest BCUT2D eigenvalue weighted by molar-refractivity contribution is -0.119. The molecule has 0 atom stereocenters. The zero-order valence-electron chi connectivity index (χ0n) is 19.5. The molecule has 1 aliphatic carbocycles. The summed E-state index contributed by atoms with van der Waals surface area (Å²) in [6, 6.07) is 9.72. The number of benzene rings is 1. The molecule has 0 radical (unpaired) electrons. The molecule has 0 bridgehead atoms. The fraction of sp³-hybridized carbons (Fsp3) is 0.346. The summed E-state index contributed by atoms with van der Waals surface area (Å²) in [6.45, 7) is 5.42. The van der Waals surface area contributed by atoms with Crippen LogP contribution in [0.3, 0.4) is 0 Å². The van der Waals surface area contributed by atoms with Gasteiger partial charge in [-0.25, -0.2) is 9.59 Å². The number of fused-ring (bicyclic) bond motifs is 1. The Kier molecular flexibility index (Phi) is 7.48. The number of amides is 1. The van der Waals surface area contributed by atoms with Crippen LogP contribution in [0.2, 0.25) is 0 Å². The summed E-state index contributed by atoms with van der Waals surface area (Å²) < 4.78 is 10.5. The fourth-order valence-corrected chi connectivity index (χ4v) is 6.28. The first-order valence-corrected chi connectivity index (χ1v) is 13.0. The van der Waals surface area contributed by atoms with Gasteiger partial charge in [-0.15, -0.1) is 22.7 Å². The van der Waals surface area contributed by atoms with E-state index in [2.05, 4.69) is 5.32 Å². The van der Waals surface area contributed by atoms with Crippen molar-refractivity contribution in [3.63, 3.8) is 0 Å². The van der Waals surface area contributed by atoms with Crippen molar-refractivity contribution in [3.8, 4) is 11.1 Å². The molecule has 2 heterocycles. The maximum Gasteiger partial charge on any atom is 0.348 e. The number of rotatable bonds is 7. The molecular weight excluding hydrogens is 470 g/mol. The van der Waals surface area contributed by atoms with Crippen molar-refractivity contribution in [2.24, 2.45) is 0 Å². The van der Waals surface area contributed by atoms with Gasteiger partial charge in [0, 0.05) is 15.3 Å². The van der Waals surface area contributed by atoms with E-state index in [4.69, 9.17) is 9.47 Å². The van der Waals surface area contributed by atoms with E-state index in [0.29, 0.717) is 15.4 Å². The standard InChI is InChI=1S/C26H27NO5S2/c1-4-31-26(30)23-22(17-11-9-15(2)10-12-17)16(3)33-24(23)27-21(28)14-32-25(29)20-13-18-7-5-6-8-19(18)34-20/h9-13H,4-8,14H2,1-3H3,(H,27,28). The molecule has 0 fully saturated rings. The second kappa shape index (κ2) is 10.5. The van der Waals surface area contributed by atoms with E-state index in [1.165, 1.54) is 33.1 Å². The highest BCUT2D eigenvalue weighted by atomic mass is 32.1. The van der Waals surface area contributed by atoms with Gasteiger partial charge in [0.15, 0.2) is 6.61 Å². The van der Waals surface area contributed by atoms with Gasteiger partial charge in [-0.2, -0.15) is 0 Å². The summed E-state index contributed by atoms with van der Waals surface area (Å²) >= 11 is 2.75. The summed E-state index contributed by atoms with van der Waals surface area (Å²) in [4.78, 5) is 40.6. The first-order valence-electron chi connectivity index (χ1n) is 11.3. The number of hydrogen-bond acceptors (Lipinski definition) is 7. The largest absolute Gasteiger partial charge is 0.462 e. The van der Waals surface area contributed by atoms with Crippen LogP contribution in [0.25, 0.3) is 11.1 Å². The Hall–Kier alpha value is -2.97. The number of anilines is 1. The highest BCUT2D eigenvalue weighted by molar-refractivity contribution is 7.17. The maximum absolute atomic E-state index is 12.8. The van der Waals surface area contributed by atoms with E-state index in [0.717, 1.165) is 47.3 Å². The summed E-state index contributed by atoms with van der Waals surface area (Å²) in [5.74, 6) is -1.50. The highest BCUT2D eigenvalue weighted by Gasteiger charge is 2.26. The fourth-order valence-electron chi connectivity index (χ4n) is 4.05. The third-order valence-corrected chi connectivity index (χ3v) is 7.93. The van der Waals surface area contributed by atoms with Crippen LogP contribution >= 0.6 is 22.7 Å². The lowest BCUT2D eigenvalue weighted by Crippen LogP contribution is -2.21. The van der Waals surface area contributed by atoms with Crippen LogP contribution in [0.15, 0.2) is 30.3 Å². The van der Waals surface area contributed by atoms with E-state index < -0.39 is 24.5 Å². The number of hydrogen-bond donors (Lipinski definition) is 1. The molecule has 4 rings (SSSR count). The highest BCUT2D eigenvalue weighted by Crippen LogP contribution is 2.40. The molecule has 34 heavy (non-hydrogen) atoms. The average molecular weight is 498 g/mol. The Morgan fingerprint density at radius 3 is 2.41 bits per heavy atom. The summed E-state index contributed by atoms with van der Waals surface area (Å²) in [5.41, 5.74) is 4.25. The van der Waals surface area contributed by atoms with E-state index in [9.17, 15) is 14.4 Å². The zero-order valence-corrected chi connectivity index (χ0v) is 21.1. The van der Waals surface area contributed by atoms with Gasteiger partial charge in [0.25, 0.3) is 5.91 Å². The molecule has 6 nitrogen and oxygen atoms in total. The van der Waals surface area contributed by atoms with Gasteiger partial charge >= 0.3 is 11.9 Å². The van der Waals surface area contributed by atoms with Crippen LogP contribution in [-0.4, -0.2) is 31.1 Å². The number of carbonyl (C=O) groups is 3. The van der Waals surface area contributed by atoms with Crippen LogP contribution in [0.1, 0.15) is 60.7 Å². The molecule has 2 aromatic heterocycles. The molecule has 3 aromatic rings. The average Bonchev–Trinajstić information content (AvgIpc) is 3.39. The normalized spacial score (nSPS) is 12.7. The number of esters is 2. The lowest BCUT2D eigenvalue weighted by atomic mass is 9.99. The topological polar surface area (TPSA) is 81.7 Å². The van der Waals surface area contributed by atoms with Gasteiger partial charge in [-0.3, -0.25) is 4.79 Å². The Bertz CT molecular complexity index is 1200. The third kappa shape index (κ3) is 5.23. The zero-order chi connectivity index (χ0) is 24.2. The second-order valence-corrected chi connectivity index (χ2v) is 10.6. The number of ether oxygens (including phenoxy) is 2. The molecular formula is C26H27NO5S2. The van der Waals surface area contributed by atoms with Crippen LogP contribution in [0.4, 0.5) is 5.00 Å². The van der Waals surface area contributed by atoms with Gasteiger partial charge in [-0.1, -0.05) is 29.8 Å². The minimum Gasteiger partial charge on any atom is -0.462 e. The second-order valence-electron chi connectivity index (χ2n) is 8.21. The number of aryl methyl sites for hydroxylation is 4. The van der Waals surface area contributed by atoms with E-state index >= 15 is 0 Å². The van der Waals surface area contributed by atoms with Crippen molar-refractivity contribution in [2.75, 3.05) is 18.5 Å². The van der Waals surface area contributed by atoms with Crippen molar-refractivity contribution < 1.29 is 23.9 Å². The maximum atomic E-state index is 12.8. The Labute approximate surface area is 206 Å². The van der Waals surface area contributed by atoms with Crippen LogP contribution in [-0.2, 0) is 27.1 Å².